The lowest BCUT2D eigenvalue weighted by Gasteiger charge is -2.46. The molecular formula is C21H25ClO7. The number of halogens is 1. The molecule has 5 atom stereocenters. The molecule has 1 aliphatic rings. The van der Waals surface area contributed by atoms with E-state index in [0.29, 0.717) is 17.0 Å². The summed E-state index contributed by atoms with van der Waals surface area (Å²) in [4.78, 5) is 0. The second kappa shape index (κ2) is 8.97. The molecular weight excluding hydrogens is 400 g/mol. The van der Waals surface area contributed by atoms with E-state index in [1.165, 1.54) is 13.2 Å². The van der Waals surface area contributed by atoms with Gasteiger partial charge in [0, 0.05) is 17.7 Å². The summed E-state index contributed by atoms with van der Waals surface area (Å²) in [6.45, 7) is -0.503. The molecule has 0 spiro atoms. The summed E-state index contributed by atoms with van der Waals surface area (Å²) in [6, 6.07) is 12.2. The summed E-state index contributed by atoms with van der Waals surface area (Å²) in [5.41, 5.74) is 1.88. The Morgan fingerprint density at radius 2 is 1.79 bits per heavy atom. The molecule has 0 unspecified atom stereocenters. The van der Waals surface area contributed by atoms with Gasteiger partial charge in [-0.15, -0.1) is 0 Å². The molecule has 0 amide bonds. The summed E-state index contributed by atoms with van der Waals surface area (Å²) >= 11 is 6.34. The number of hydrogen-bond donors (Lipinski definition) is 4. The second-order valence-electron chi connectivity index (χ2n) is 7.00. The van der Waals surface area contributed by atoms with Crippen LogP contribution in [0.3, 0.4) is 0 Å². The first kappa shape index (κ1) is 22.0. The third-order valence-corrected chi connectivity index (χ3v) is 5.59. The molecule has 1 heterocycles. The molecule has 1 saturated heterocycles. The van der Waals surface area contributed by atoms with E-state index in [-0.39, 0.29) is 5.56 Å². The quantitative estimate of drug-likeness (QED) is 0.552. The average Bonchev–Trinajstić information content (AvgIpc) is 2.73. The van der Waals surface area contributed by atoms with Crippen molar-refractivity contribution in [2.75, 3.05) is 20.8 Å². The number of hydrogen-bond acceptors (Lipinski definition) is 7. The minimum Gasteiger partial charge on any atom is -0.497 e. The first-order chi connectivity index (χ1) is 13.8. The van der Waals surface area contributed by atoms with Gasteiger partial charge < -0.3 is 34.6 Å². The molecule has 1 aliphatic heterocycles. The lowest BCUT2D eigenvalue weighted by molar-refractivity contribution is -0.360. The van der Waals surface area contributed by atoms with Crippen molar-refractivity contribution in [1.29, 1.82) is 0 Å². The summed E-state index contributed by atoms with van der Waals surface area (Å²) in [6.07, 6.45) is -4.69. The Labute approximate surface area is 174 Å². The molecule has 2 aromatic rings. The van der Waals surface area contributed by atoms with Crippen molar-refractivity contribution < 1.29 is 34.6 Å². The van der Waals surface area contributed by atoms with Gasteiger partial charge in [0.15, 0.2) is 0 Å². The largest absolute Gasteiger partial charge is 0.497 e. The van der Waals surface area contributed by atoms with Crippen LogP contribution in [-0.4, -0.2) is 65.7 Å². The molecule has 29 heavy (non-hydrogen) atoms. The van der Waals surface area contributed by atoms with E-state index < -0.39 is 36.8 Å². The highest BCUT2D eigenvalue weighted by atomic mass is 35.5. The molecule has 158 valence electrons. The molecule has 2 aromatic carbocycles. The Morgan fingerprint density at radius 1 is 1.10 bits per heavy atom. The van der Waals surface area contributed by atoms with Crippen LogP contribution in [0.4, 0.5) is 0 Å². The fraction of sp³-hybridized carbons (Fsp3) is 0.429. The van der Waals surface area contributed by atoms with E-state index in [0.717, 1.165) is 11.3 Å². The topological polar surface area (TPSA) is 109 Å². The molecule has 7 nitrogen and oxygen atoms in total. The first-order valence-electron chi connectivity index (χ1n) is 9.15. The molecule has 4 N–H and O–H groups in total. The fourth-order valence-electron chi connectivity index (χ4n) is 3.57. The Bertz CT molecular complexity index is 826. The Morgan fingerprint density at radius 3 is 2.38 bits per heavy atom. The molecule has 3 rings (SSSR count). The molecule has 1 fully saturated rings. The maximum atomic E-state index is 11.1. The SMILES string of the molecule is COc1ccc(Cc2cc([C@@]3(O)O[C@H](CO)[C@@H](OC)[C@H](O)[C@H]3O)ccc2Cl)cc1. The zero-order valence-corrected chi connectivity index (χ0v) is 16.9. The van der Waals surface area contributed by atoms with Crippen LogP contribution >= 0.6 is 11.6 Å². The van der Waals surface area contributed by atoms with Crippen LogP contribution in [0.1, 0.15) is 16.7 Å². The van der Waals surface area contributed by atoms with Crippen LogP contribution in [-0.2, 0) is 21.7 Å². The van der Waals surface area contributed by atoms with E-state index in [2.05, 4.69) is 0 Å². The fourth-order valence-corrected chi connectivity index (χ4v) is 3.75. The zero-order chi connectivity index (χ0) is 21.2. The molecule has 0 aromatic heterocycles. The monoisotopic (exact) mass is 424 g/mol. The van der Waals surface area contributed by atoms with Crippen LogP contribution in [0, 0.1) is 0 Å². The molecule has 0 radical (unpaired) electrons. The molecule has 8 heteroatoms. The predicted molar refractivity (Wildman–Crippen MR) is 106 cm³/mol. The lowest BCUT2D eigenvalue weighted by Crippen LogP contribution is -2.64. The number of methoxy groups -OCH3 is 2. The van der Waals surface area contributed by atoms with Gasteiger partial charge in [-0.3, -0.25) is 0 Å². The van der Waals surface area contributed by atoms with Gasteiger partial charge in [0.25, 0.3) is 0 Å². The van der Waals surface area contributed by atoms with Crippen LogP contribution < -0.4 is 4.74 Å². The number of rotatable bonds is 6. The average molecular weight is 425 g/mol. The highest BCUT2D eigenvalue weighted by molar-refractivity contribution is 6.31. The van der Waals surface area contributed by atoms with Gasteiger partial charge in [0.1, 0.15) is 30.2 Å². The highest BCUT2D eigenvalue weighted by Crippen LogP contribution is 2.38. The van der Waals surface area contributed by atoms with Crippen molar-refractivity contribution in [3.63, 3.8) is 0 Å². The maximum absolute atomic E-state index is 11.1. The van der Waals surface area contributed by atoms with Crippen molar-refractivity contribution in [2.24, 2.45) is 0 Å². The highest BCUT2D eigenvalue weighted by Gasteiger charge is 2.54. The van der Waals surface area contributed by atoms with Gasteiger partial charge in [0.2, 0.25) is 5.79 Å². The minimum atomic E-state index is -2.24. The standard InChI is InChI=1S/C21H25ClO7/c1-27-15-6-3-12(4-7-15)9-13-10-14(5-8-16(13)22)21(26)20(25)18(24)19(28-2)17(11-23)29-21/h3-8,10,17-20,23-26H,9,11H2,1-2H3/t17-,18+,19-,20-,21-/m1/s1. The maximum Gasteiger partial charge on any atom is 0.222 e. The van der Waals surface area contributed by atoms with Gasteiger partial charge in [-0.1, -0.05) is 29.8 Å². The normalized spacial score (nSPS) is 29.6. The second-order valence-corrected chi connectivity index (χ2v) is 7.41. The third-order valence-electron chi connectivity index (χ3n) is 5.22. The van der Waals surface area contributed by atoms with Gasteiger partial charge in [-0.2, -0.15) is 0 Å². The van der Waals surface area contributed by atoms with Gasteiger partial charge in [-0.05, 0) is 41.8 Å². The number of ether oxygens (including phenoxy) is 3. The Balaban J connectivity index is 1.92. The molecule has 0 aliphatic carbocycles. The Kier molecular flexibility index (Phi) is 6.80. The van der Waals surface area contributed by atoms with Crippen LogP contribution in [0.2, 0.25) is 5.02 Å². The predicted octanol–water partition coefficient (Wildman–Crippen LogP) is 1.21. The summed E-state index contributed by atoms with van der Waals surface area (Å²) in [5, 5.41) is 42.1. The van der Waals surface area contributed by atoms with Gasteiger partial charge >= 0.3 is 0 Å². The van der Waals surface area contributed by atoms with Gasteiger partial charge in [0.05, 0.1) is 13.7 Å². The van der Waals surface area contributed by atoms with E-state index in [4.69, 9.17) is 25.8 Å². The van der Waals surface area contributed by atoms with Crippen molar-refractivity contribution in [2.45, 2.75) is 36.6 Å². The smallest absolute Gasteiger partial charge is 0.222 e. The summed E-state index contributed by atoms with van der Waals surface area (Å²) in [7, 11) is 2.92. The number of aliphatic hydroxyl groups excluding tert-OH is 3. The van der Waals surface area contributed by atoms with E-state index >= 15 is 0 Å². The van der Waals surface area contributed by atoms with Crippen LogP contribution in [0.15, 0.2) is 42.5 Å². The van der Waals surface area contributed by atoms with Crippen molar-refractivity contribution in [3.8, 4) is 5.75 Å². The van der Waals surface area contributed by atoms with Gasteiger partial charge in [-0.25, -0.2) is 0 Å². The molecule has 0 saturated carbocycles. The summed E-state index contributed by atoms with van der Waals surface area (Å²) in [5.74, 6) is -1.50. The minimum absolute atomic E-state index is 0.213. The van der Waals surface area contributed by atoms with Crippen molar-refractivity contribution in [3.05, 3.63) is 64.2 Å². The third kappa shape index (κ3) is 4.27. The van der Waals surface area contributed by atoms with Crippen molar-refractivity contribution >= 4 is 11.6 Å². The van der Waals surface area contributed by atoms with E-state index in [1.54, 1.807) is 19.2 Å². The van der Waals surface area contributed by atoms with Crippen LogP contribution in [0.5, 0.6) is 5.75 Å². The van der Waals surface area contributed by atoms with Crippen LogP contribution in [0.25, 0.3) is 0 Å². The van der Waals surface area contributed by atoms with E-state index in [9.17, 15) is 20.4 Å². The first-order valence-corrected chi connectivity index (χ1v) is 9.53. The molecule has 0 bridgehead atoms. The lowest BCUT2D eigenvalue weighted by atomic mass is 9.87. The number of benzene rings is 2. The number of aliphatic hydroxyl groups is 4. The van der Waals surface area contributed by atoms with E-state index in [1.807, 2.05) is 24.3 Å². The Hall–Kier alpha value is -1.71. The van der Waals surface area contributed by atoms with Crippen molar-refractivity contribution in [1.82, 2.24) is 0 Å². The summed E-state index contributed by atoms with van der Waals surface area (Å²) < 4.78 is 15.8. The zero-order valence-electron chi connectivity index (χ0n) is 16.2.